The zero-order chi connectivity index (χ0) is 15.6. The van der Waals surface area contributed by atoms with Crippen LogP contribution in [0.25, 0.3) is 0 Å². The van der Waals surface area contributed by atoms with Gasteiger partial charge in [0.1, 0.15) is 0 Å². The summed E-state index contributed by atoms with van der Waals surface area (Å²) in [5.74, 6) is 0. The van der Waals surface area contributed by atoms with Crippen molar-refractivity contribution in [1.29, 1.82) is 0 Å². The van der Waals surface area contributed by atoms with E-state index in [0.717, 1.165) is 18.0 Å². The molecule has 1 aromatic heterocycles. The van der Waals surface area contributed by atoms with Crippen LogP contribution < -0.4 is 5.32 Å². The molecule has 2 N–H and O–H groups in total. The van der Waals surface area contributed by atoms with Gasteiger partial charge in [-0.05, 0) is 52.0 Å². The quantitative estimate of drug-likeness (QED) is 0.646. The molecule has 0 amide bonds. The predicted molar refractivity (Wildman–Crippen MR) is 93.2 cm³/mol. The van der Waals surface area contributed by atoms with Crippen LogP contribution in [0.5, 0.6) is 0 Å². The van der Waals surface area contributed by atoms with Crippen LogP contribution in [-0.4, -0.2) is 15.5 Å². The predicted octanol–water partition coefficient (Wildman–Crippen LogP) is 4.47. The van der Waals surface area contributed by atoms with Crippen molar-refractivity contribution in [2.75, 3.05) is 0 Å². The summed E-state index contributed by atoms with van der Waals surface area (Å²) in [7, 11) is 0. The number of thioether (sulfide) groups is 1. The number of hydrogen-bond donors (Lipinski definition) is 2. The number of imidazole rings is 1. The zero-order valence-electron chi connectivity index (χ0n) is 13.6. The molecule has 4 heteroatoms. The van der Waals surface area contributed by atoms with E-state index in [-0.39, 0.29) is 10.9 Å². The SMILES string of the molecule is CC(C)(C)NC(Sc1nc2c([nH]1)CCCC2)c1ccccc1. The molecule has 1 aliphatic rings. The highest BCUT2D eigenvalue weighted by Crippen LogP contribution is 2.34. The normalized spacial score (nSPS) is 16.3. The Morgan fingerprint density at radius 1 is 1.14 bits per heavy atom. The minimum Gasteiger partial charge on any atom is -0.337 e. The summed E-state index contributed by atoms with van der Waals surface area (Å²) >= 11 is 1.78. The second-order valence-electron chi connectivity index (χ2n) is 6.98. The number of rotatable bonds is 4. The molecule has 0 bridgehead atoms. The lowest BCUT2D eigenvalue weighted by molar-refractivity contribution is 0.418. The monoisotopic (exact) mass is 315 g/mol. The lowest BCUT2D eigenvalue weighted by Crippen LogP contribution is -2.37. The maximum Gasteiger partial charge on any atom is 0.167 e. The van der Waals surface area contributed by atoms with Gasteiger partial charge in [-0.1, -0.05) is 42.1 Å². The Morgan fingerprint density at radius 2 is 1.86 bits per heavy atom. The van der Waals surface area contributed by atoms with E-state index < -0.39 is 0 Å². The van der Waals surface area contributed by atoms with Crippen LogP contribution in [0.4, 0.5) is 0 Å². The maximum atomic E-state index is 4.81. The number of fused-ring (bicyclic) bond motifs is 1. The van der Waals surface area contributed by atoms with Gasteiger partial charge in [0.25, 0.3) is 0 Å². The van der Waals surface area contributed by atoms with Crippen molar-refractivity contribution in [2.24, 2.45) is 0 Å². The van der Waals surface area contributed by atoms with Crippen LogP contribution in [0.1, 0.15) is 55.9 Å². The summed E-state index contributed by atoms with van der Waals surface area (Å²) < 4.78 is 0. The molecule has 2 aromatic rings. The number of benzene rings is 1. The van der Waals surface area contributed by atoms with E-state index in [1.807, 2.05) is 0 Å². The Labute approximate surface area is 137 Å². The summed E-state index contributed by atoms with van der Waals surface area (Å²) in [5, 5.41) is 4.95. The molecular weight excluding hydrogens is 290 g/mol. The van der Waals surface area contributed by atoms with Crippen molar-refractivity contribution in [1.82, 2.24) is 15.3 Å². The van der Waals surface area contributed by atoms with Gasteiger partial charge < -0.3 is 4.98 Å². The molecule has 118 valence electrons. The molecule has 1 atom stereocenters. The van der Waals surface area contributed by atoms with Gasteiger partial charge in [0.2, 0.25) is 0 Å². The minimum atomic E-state index is 0.0553. The number of nitrogens with zero attached hydrogens (tertiary/aromatic N) is 1. The van der Waals surface area contributed by atoms with Gasteiger partial charge in [0, 0.05) is 11.2 Å². The third-order valence-electron chi connectivity index (χ3n) is 3.83. The molecule has 0 radical (unpaired) electrons. The van der Waals surface area contributed by atoms with Gasteiger partial charge in [-0.3, -0.25) is 5.32 Å². The Bertz CT molecular complexity index is 590. The molecule has 3 rings (SSSR count). The highest BCUT2D eigenvalue weighted by Gasteiger charge is 2.22. The van der Waals surface area contributed by atoms with Crippen LogP contribution >= 0.6 is 11.8 Å². The van der Waals surface area contributed by atoms with Gasteiger partial charge in [-0.2, -0.15) is 0 Å². The number of aryl methyl sites for hydroxylation is 2. The molecule has 1 aliphatic carbocycles. The van der Waals surface area contributed by atoms with E-state index in [9.17, 15) is 0 Å². The molecule has 0 aliphatic heterocycles. The first kappa shape index (κ1) is 15.6. The van der Waals surface area contributed by atoms with E-state index in [1.165, 1.54) is 29.8 Å². The minimum absolute atomic E-state index is 0.0553. The van der Waals surface area contributed by atoms with Crippen LogP contribution in [0.15, 0.2) is 35.5 Å². The van der Waals surface area contributed by atoms with Crippen LogP contribution in [0.3, 0.4) is 0 Å². The summed E-state index contributed by atoms with van der Waals surface area (Å²) in [6.07, 6.45) is 4.81. The lowest BCUT2D eigenvalue weighted by atomic mass is 10.0. The number of aromatic nitrogens is 2. The average Bonchev–Trinajstić information content (AvgIpc) is 2.88. The summed E-state index contributed by atoms with van der Waals surface area (Å²) in [5.41, 5.74) is 3.96. The first-order valence-electron chi connectivity index (χ1n) is 8.08. The second-order valence-corrected chi connectivity index (χ2v) is 8.07. The first-order chi connectivity index (χ1) is 10.5. The molecule has 0 spiro atoms. The first-order valence-corrected chi connectivity index (χ1v) is 8.96. The third kappa shape index (κ3) is 3.93. The maximum absolute atomic E-state index is 4.81. The smallest absolute Gasteiger partial charge is 0.167 e. The highest BCUT2D eigenvalue weighted by atomic mass is 32.2. The van der Waals surface area contributed by atoms with Crippen molar-refractivity contribution in [3.8, 4) is 0 Å². The lowest BCUT2D eigenvalue weighted by Gasteiger charge is -2.28. The molecule has 0 saturated carbocycles. The topological polar surface area (TPSA) is 40.7 Å². The Morgan fingerprint density at radius 3 is 2.55 bits per heavy atom. The van der Waals surface area contributed by atoms with Crippen molar-refractivity contribution >= 4 is 11.8 Å². The second kappa shape index (κ2) is 6.47. The number of aromatic amines is 1. The Hall–Kier alpha value is -1.26. The molecule has 1 heterocycles. The zero-order valence-corrected chi connectivity index (χ0v) is 14.5. The van der Waals surface area contributed by atoms with Crippen molar-refractivity contribution in [3.63, 3.8) is 0 Å². The number of hydrogen-bond acceptors (Lipinski definition) is 3. The fourth-order valence-corrected chi connectivity index (χ4v) is 4.07. The average molecular weight is 315 g/mol. The summed E-state index contributed by atoms with van der Waals surface area (Å²) in [6.45, 7) is 6.62. The molecular formula is C18H25N3S. The molecule has 22 heavy (non-hydrogen) atoms. The van der Waals surface area contributed by atoms with Crippen molar-refractivity contribution < 1.29 is 0 Å². The standard InChI is InChI=1S/C18H25N3S/c1-18(2,3)21-16(13-9-5-4-6-10-13)22-17-19-14-11-7-8-12-15(14)20-17/h4-6,9-10,16,21H,7-8,11-12H2,1-3H3,(H,19,20). The van der Waals surface area contributed by atoms with E-state index in [2.05, 4.69) is 61.4 Å². The van der Waals surface area contributed by atoms with Gasteiger partial charge in [0.05, 0.1) is 11.1 Å². The fraction of sp³-hybridized carbons (Fsp3) is 0.500. The largest absolute Gasteiger partial charge is 0.337 e. The van der Waals surface area contributed by atoms with Crippen LogP contribution in [-0.2, 0) is 12.8 Å². The van der Waals surface area contributed by atoms with Gasteiger partial charge >= 0.3 is 0 Å². The summed E-state index contributed by atoms with van der Waals surface area (Å²) in [6, 6.07) is 10.6. The van der Waals surface area contributed by atoms with E-state index in [1.54, 1.807) is 11.8 Å². The number of nitrogens with one attached hydrogen (secondary N) is 2. The summed E-state index contributed by atoms with van der Waals surface area (Å²) in [4.78, 5) is 8.34. The molecule has 0 fully saturated rings. The third-order valence-corrected chi connectivity index (χ3v) is 4.87. The van der Waals surface area contributed by atoms with Gasteiger partial charge in [-0.25, -0.2) is 4.98 Å². The Kier molecular flexibility index (Phi) is 4.59. The van der Waals surface area contributed by atoms with E-state index in [4.69, 9.17) is 4.98 Å². The van der Waals surface area contributed by atoms with E-state index in [0.29, 0.717) is 0 Å². The van der Waals surface area contributed by atoms with Crippen LogP contribution in [0, 0.1) is 0 Å². The molecule has 3 nitrogen and oxygen atoms in total. The van der Waals surface area contributed by atoms with Crippen molar-refractivity contribution in [3.05, 3.63) is 47.3 Å². The van der Waals surface area contributed by atoms with E-state index >= 15 is 0 Å². The molecule has 1 unspecified atom stereocenters. The van der Waals surface area contributed by atoms with Crippen molar-refractivity contribution in [2.45, 2.75) is 62.5 Å². The fourth-order valence-electron chi connectivity index (χ4n) is 2.80. The van der Waals surface area contributed by atoms with Crippen LogP contribution in [0.2, 0.25) is 0 Å². The number of H-pyrrole nitrogens is 1. The van der Waals surface area contributed by atoms with Gasteiger partial charge in [0.15, 0.2) is 5.16 Å². The van der Waals surface area contributed by atoms with Gasteiger partial charge in [-0.15, -0.1) is 0 Å². The highest BCUT2D eigenvalue weighted by molar-refractivity contribution is 7.99. The molecule has 0 saturated heterocycles. The molecule has 1 aromatic carbocycles. The Balaban J connectivity index is 1.82.